The molecule has 2 heterocycles. The van der Waals surface area contributed by atoms with Crippen LogP contribution in [0.2, 0.25) is 5.02 Å². The van der Waals surface area contributed by atoms with Gasteiger partial charge in [0.1, 0.15) is 6.04 Å². The number of nitrogens with zero attached hydrogens (tertiary/aromatic N) is 2. The third-order valence-corrected chi connectivity index (χ3v) is 8.10. The van der Waals surface area contributed by atoms with Gasteiger partial charge in [-0.25, -0.2) is 13.4 Å². The van der Waals surface area contributed by atoms with Crippen LogP contribution in [0.4, 0.5) is 5.13 Å². The number of benzene rings is 2. The molecule has 0 spiro atoms. The first kappa shape index (κ1) is 22.0. The molecule has 1 aliphatic heterocycles. The lowest BCUT2D eigenvalue weighted by molar-refractivity contribution is -0.121. The second-order valence-corrected chi connectivity index (χ2v) is 11.2. The molecule has 2 aromatic carbocycles. The summed E-state index contributed by atoms with van der Waals surface area (Å²) in [6.45, 7) is 0.649. The highest BCUT2D eigenvalue weighted by Gasteiger charge is 2.32. The van der Waals surface area contributed by atoms with Crippen molar-refractivity contribution in [3.8, 4) is 0 Å². The molecule has 1 amide bonds. The summed E-state index contributed by atoms with van der Waals surface area (Å²) >= 11 is 7.65. The van der Waals surface area contributed by atoms with Gasteiger partial charge in [-0.3, -0.25) is 9.69 Å². The normalized spacial score (nSPS) is 17.2. The summed E-state index contributed by atoms with van der Waals surface area (Å²) in [6, 6.07) is 16.5. The predicted molar refractivity (Wildman–Crippen MR) is 124 cm³/mol. The van der Waals surface area contributed by atoms with Gasteiger partial charge >= 0.3 is 0 Å². The Labute approximate surface area is 190 Å². The van der Waals surface area contributed by atoms with E-state index in [9.17, 15) is 13.2 Å². The molecule has 0 saturated carbocycles. The van der Waals surface area contributed by atoms with Crippen molar-refractivity contribution >= 4 is 43.8 Å². The van der Waals surface area contributed by atoms with Crippen LogP contribution in [0.3, 0.4) is 0 Å². The van der Waals surface area contributed by atoms with E-state index in [2.05, 4.69) is 10.3 Å². The van der Waals surface area contributed by atoms with Crippen LogP contribution < -0.4 is 5.32 Å². The van der Waals surface area contributed by atoms with Crippen molar-refractivity contribution in [2.24, 2.45) is 0 Å². The fourth-order valence-corrected chi connectivity index (χ4v) is 5.87. The standard InChI is InChI=1S/C22H22ClN3O3S2/c23-19-9-5-4-8-17(19)14-18-15-24-22(30-18)25-21(27)20(16-6-2-1-3-7-16)26-10-12-31(28,29)13-11-26/h1-9,15,20H,10-14H2,(H,24,25,27). The van der Waals surface area contributed by atoms with E-state index >= 15 is 0 Å². The molecule has 1 N–H and O–H groups in total. The van der Waals surface area contributed by atoms with E-state index in [1.165, 1.54) is 11.3 Å². The number of carbonyl (C=O) groups is 1. The number of rotatable bonds is 6. The van der Waals surface area contributed by atoms with Crippen LogP contribution in [0.15, 0.2) is 60.8 Å². The molecule has 162 valence electrons. The quantitative estimate of drug-likeness (QED) is 0.586. The monoisotopic (exact) mass is 475 g/mol. The van der Waals surface area contributed by atoms with Crippen LogP contribution in [0.5, 0.6) is 0 Å². The largest absolute Gasteiger partial charge is 0.300 e. The van der Waals surface area contributed by atoms with E-state index in [-0.39, 0.29) is 17.4 Å². The molecule has 1 aromatic heterocycles. The number of anilines is 1. The minimum atomic E-state index is -3.04. The van der Waals surface area contributed by atoms with Crippen LogP contribution in [0, 0.1) is 0 Å². The fourth-order valence-electron chi connectivity index (χ4n) is 3.60. The molecule has 1 atom stereocenters. The zero-order valence-corrected chi connectivity index (χ0v) is 19.1. The smallest absolute Gasteiger partial charge is 0.248 e. The second-order valence-electron chi connectivity index (χ2n) is 7.39. The minimum absolute atomic E-state index is 0.0584. The minimum Gasteiger partial charge on any atom is -0.300 e. The Hall–Kier alpha value is -2.26. The number of sulfone groups is 1. The van der Waals surface area contributed by atoms with Gasteiger partial charge in [-0.15, -0.1) is 11.3 Å². The first-order chi connectivity index (χ1) is 14.9. The molecule has 1 unspecified atom stereocenters. The van der Waals surface area contributed by atoms with Crippen LogP contribution in [-0.2, 0) is 21.1 Å². The Bertz CT molecular complexity index is 1150. The van der Waals surface area contributed by atoms with Gasteiger partial charge in [0.25, 0.3) is 0 Å². The number of hydrogen-bond donors (Lipinski definition) is 1. The fraction of sp³-hybridized carbons (Fsp3) is 0.273. The summed E-state index contributed by atoms with van der Waals surface area (Å²) in [6.07, 6.45) is 2.38. The molecule has 9 heteroatoms. The highest BCUT2D eigenvalue weighted by atomic mass is 35.5. The van der Waals surface area contributed by atoms with Crippen molar-refractivity contribution in [2.75, 3.05) is 29.9 Å². The van der Waals surface area contributed by atoms with Crippen molar-refractivity contribution in [1.82, 2.24) is 9.88 Å². The average Bonchev–Trinajstić information content (AvgIpc) is 3.19. The summed E-state index contributed by atoms with van der Waals surface area (Å²) in [5.74, 6) is -0.102. The summed E-state index contributed by atoms with van der Waals surface area (Å²) in [5.41, 5.74) is 1.83. The Balaban J connectivity index is 1.50. The summed E-state index contributed by atoms with van der Waals surface area (Å²) in [7, 11) is -3.04. The number of nitrogens with one attached hydrogen (secondary N) is 1. The summed E-state index contributed by atoms with van der Waals surface area (Å²) < 4.78 is 23.7. The van der Waals surface area contributed by atoms with Gasteiger partial charge in [0.15, 0.2) is 15.0 Å². The van der Waals surface area contributed by atoms with E-state index in [0.29, 0.717) is 29.7 Å². The van der Waals surface area contributed by atoms with Crippen LogP contribution in [0.25, 0.3) is 0 Å². The third kappa shape index (κ3) is 5.51. The topological polar surface area (TPSA) is 79.4 Å². The molecule has 4 rings (SSSR count). The second kappa shape index (κ2) is 9.48. The molecule has 1 saturated heterocycles. The number of carbonyl (C=O) groups excluding carboxylic acids is 1. The molecule has 1 fully saturated rings. The zero-order chi connectivity index (χ0) is 21.8. The first-order valence-electron chi connectivity index (χ1n) is 9.90. The van der Waals surface area contributed by atoms with Gasteiger partial charge in [0.2, 0.25) is 5.91 Å². The molecule has 0 aliphatic carbocycles. The molecule has 0 bridgehead atoms. The molecule has 3 aromatic rings. The van der Waals surface area contributed by atoms with E-state index < -0.39 is 15.9 Å². The van der Waals surface area contributed by atoms with Crippen molar-refractivity contribution < 1.29 is 13.2 Å². The van der Waals surface area contributed by atoms with Gasteiger partial charge in [-0.05, 0) is 17.2 Å². The molecule has 1 aliphatic rings. The van der Waals surface area contributed by atoms with E-state index in [4.69, 9.17) is 11.6 Å². The van der Waals surface area contributed by atoms with Gasteiger partial charge < -0.3 is 5.32 Å². The lowest BCUT2D eigenvalue weighted by Crippen LogP contribution is -2.46. The maximum Gasteiger partial charge on any atom is 0.248 e. The molecule has 31 heavy (non-hydrogen) atoms. The number of thiazole rings is 1. The Kier molecular flexibility index (Phi) is 6.71. The van der Waals surface area contributed by atoms with Crippen LogP contribution in [0.1, 0.15) is 22.0 Å². The number of hydrogen-bond acceptors (Lipinski definition) is 6. The number of halogens is 1. The van der Waals surface area contributed by atoms with Crippen LogP contribution in [-0.4, -0.2) is 48.8 Å². The molecule has 6 nitrogen and oxygen atoms in total. The van der Waals surface area contributed by atoms with E-state index in [1.807, 2.05) is 59.5 Å². The van der Waals surface area contributed by atoms with Crippen molar-refractivity contribution in [1.29, 1.82) is 0 Å². The molecular weight excluding hydrogens is 454 g/mol. The van der Waals surface area contributed by atoms with Gasteiger partial charge in [-0.1, -0.05) is 60.1 Å². The lowest BCUT2D eigenvalue weighted by Gasteiger charge is -2.33. The Morgan fingerprint density at radius 1 is 1.10 bits per heavy atom. The Morgan fingerprint density at radius 3 is 2.48 bits per heavy atom. The molecular formula is C22H22ClN3O3S2. The first-order valence-corrected chi connectivity index (χ1v) is 12.9. The summed E-state index contributed by atoms with van der Waals surface area (Å²) in [5, 5.41) is 4.14. The van der Waals surface area contributed by atoms with Crippen molar-refractivity contribution in [3.63, 3.8) is 0 Å². The highest BCUT2D eigenvalue weighted by molar-refractivity contribution is 7.91. The maximum atomic E-state index is 13.2. The van der Waals surface area contributed by atoms with Crippen molar-refractivity contribution in [2.45, 2.75) is 12.5 Å². The van der Waals surface area contributed by atoms with E-state index in [1.54, 1.807) is 6.20 Å². The lowest BCUT2D eigenvalue weighted by atomic mass is 10.0. The van der Waals surface area contributed by atoms with Gasteiger partial charge in [0.05, 0.1) is 11.5 Å². The average molecular weight is 476 g/mol. The molecule has 0 radical (unpaired) electrons. The van der Waals surface area contributed by atoms with Crippen LogP contribution >= 0.6 is 22.9 Å². The number of amides is 1. The van der Waals surface area contributed by atoms with Gasteiger partial charge in [0, 0.05) is 35.6 Å². The Morgan fingerprint density at radius 2 is 1.77 bits per heavy atom. The SMILES string of the molecule is O=C(Nc1ncc(Cc2ccccc2Cl)s1)C(c1ccccc1)N1CCS(=O)(=O)CC1. The predicted octanol–water partition coefficient (Wildman–Crippen LogP) is 3.80. The third-order valence-electron chi connectivity index (χ3n) is 5.21. The number of aromatic nitrogens is 1. The highest BCUT2D eigenvalue weighted by Crippen LogP contribution is 2.28. The maximum absolute atomic E-state index is 13.2. The zero-order valence-electron chi connectivity index (χ0n) is 16.7. The summed E-state index contributed by atoms with van der Waals surface area (Å²) in [4.78, 5) is 20.5. The van der Waals surface area contributed by atoms with Gasteiger partial charge in [-0.2, -0.15) is 0 Å². The van der Waals surface area contributed by atoms with E-state index in [0.717, 1.165) is 16.0 Å². The van der Waals surface area contributed by atoms with Crippen molar-refractivity contribution in [3.05, 3.63) is 81.8 Å².